The second kappa shape index (κ2) is 47.9. The first kappa shape index (κ1) is 113. The van der Waals surface area contributed by atoms with Crippen molar-refractivity contribution in [2.24, 2.45) is 11.5 Å². The number of carbonyl (C=O) groups excluding carboxylic acids is 2. The number of hydrogen-bond acceptors (Lipinski definition) is 27. The zero-order valence-corrected chi connectivity index (χ0v) is 84.0. The van der Waals surface area contributed by atoms with Crippen molar-refractivity contribution < 1.29 is 79.9 Å². The van der Waals surface area contributed by atoms with E-state index in [1.165, 1.54) is 36.1 Å². The van der Waals surface area contributed by atoms with E-state index < -0.39 is 70.6 Å². The van der Waals surface area contributed by atoms with Crippen LogP contribution >= 0.6 is 24.0 Å². The predicted octanol–water partition coefficient (Wildman–Crippen LogP) is 15.7. The van der Waals surface area contributed by atoms with Crippen molar-refractivity contribution in [3.05, 3.63) is 161 Å². The molecule has 7 aliphatic carbocycles. The molecule has 34 nitrogen and oxygen atoms in total. The van der Waals surface area contributed by atoms with E-state index in [0.29, 0.717) is 90.8 Å². The number of aromatic nitrogens is 20. The SMILES string of the molecule is Cc1cc(N(C(=O)OC(C)(C)C)C2CCC(F)(F)CC2)nc(-n2ccc(C#N)n2)n1.Cc1cc(N(C(=O)OC(C)(C)C)C2CCC(F)(F)CC2)nc(-n2ccc(C3(N)CC3)n2)n1.Cc1cc(NC2CCC(F)(F)CC2)nc(-n2ccc(C#N)n2)n1.Cc1cc(NC2CCC(F)(F)CC2)nc(-n2ccc(C3(N)CC3)n2)n1.Cc1cc(NC2CCC(F)(F)CC2)nc(Cl)n1.Cl.N#Cc1ccn[nH]1.[Br-].[CH2-]C.[Mg+2]. The third kappa shape index (κ3) is 33.8. The monoisotopic (exact) mass is 2050 g/mol. The van der Waals surface area contributed by atoms with Gasteiger partial charge in [-0.2, -0.15) is 68.1 Å². The first-order valence-corrected chi connectivity index (χ1v) is 45.3. The quantitative estimate of drug-likeness (QED) is 0.0226. The molecular formula is C91H115BrCl2F10MgN30O4. The number of alkyl halides is 10. The minimum atomic E-state index is -2.73. The van der Waals surface area contributed by atoms with Crippen molar-refractivity contribution in [3.8, 4) is 42.0 Å². The summed E-state index contributed by atoms with van der Waals surface area (Å²) in [6.45, 7) is 24.5. The molecule has 17 rings (SSSR count). The Hall–Kier alpha value is -11.1. The molecule has 0 saturated heterocycles. The number of amides is 2. The van der Waals surface area contributed by atoms with Gasteiger partial charge in [-0.25, -0.2) is 102 Å². The number of ether oxygens (including phenoxy) is 2. The van der Waals surface area contributed by atoms with E-state index in [1.54, 1.807) is 122 Å². The molecule has 0 atom stereocenters. The summed E-state index contributed by atoms with van der Waals surface area (Å²) in [4.78, 5) is 72.2. The van der Waals surface area contributed by atoms with E-state index >= 15 is 0 Å². The summed E-state index contributed by atoms with van der Waals surface area (Å²) in [6.07, 6.45) is 12.1. The largest absolute Gasteiger partial charge is 2.00 e. The van der Waals surface area contributed by atoms with E-state index in [-0.39, 0.29) is 200 Å². The van der Waals surface area contributed by atoms with Gasteiger partial charge in [-0.1, -0.05) is 0 Å². The normalized spacial score (nSPS) is 18.0. The molecule has 2 amide bonds. The first-order valence-electron chi connectivity index (χ1n) is 44.9. The number of anilines is 5. The summed E-state index contributed by atoms with van der Waals surface area (Å²) in [5.41, 5.74) is 16.2. The standard InChI is InChI=1S/C22H30F2N6O2.C20H24F2N6O2.C17H22F2N6.C15H16F2N6.C11H14ClF2N3.C4H3N3.C2H5.BrH.ClH.Mg/c1-14-13-17(27-18(26-14)29-12-7-16(28-29)21(25)10-11-21)30(19(31)32-20(2,3)4)15-5-8-22(23,24)9-6-15;1-13-11-16(25-17(24-13)27-10-7-14(12-23)26-27)28(18(29)30-19(2,3)4)15-5-8-20(21,22)9-6-15;1-11-10-14(22-12-2-5-17(18,19)6-3-12)23-15(21-11)25-9-4-13(24-25)16(20)7-8-16;1-10-8-13(20-11-2-5-15(16,17)6-3-11)21-14(19-10)23-7-4-12(9-18)22-23;1-7-6-9(17-10(12)15-7)16-8-2-4-11(13,14)5-3-8;5-3-4-1-2-6-7-4;1-2;;;/h7,12-13,15H,5-6,8-11,25H2,1-4H3;7,10-11,15H,5-6,8-9H2,1-4H3;4,9-10,12H,2-3,5-8,20H2,1H3,(H,21,22,23);4,7-8,11H,2-3,5-6H2,1H3,(H,19,20,21);6,8H,2-5H2,1H3,(H,15,16,17);1-2H,(H,6,7);1H2,2H3;2*1H;/q;;;;;;-1;;;+2/p-1. The van der Waals surface area contributed by atoms with Gasteiger partial charge >= 0.3 is 35.2 Å². The Labute approximate surface area is 837 Å². The Morgan fingerprint density at radius 2 is 0.727 bits per heavy atom. The molecule has 8 N–H and O–H groups in total. The summed E-state index contributed by atoms with van der Waals surface area (Å²) >= 11 is 5.73. The zero-order chi connectivity index (χ0) is 99.1. The number of nitrogens with zero attached hydrogens (tertiary/aromatic N) is 24. The van der Waals surface area contributed by atoms with E-state index in [1.807, 2.05) is 63.4 Å². The molecule has 0 spiro atoms. The molecule has 0 unspecified atom stereocenters. The Morgan fingerprint density at radius 1 is 0.439 bits per heavy atom. The second-order valence-corrected chi connectivity index (χ2v) is 37.1. The van der Waals surface area contributed by atoms with Crippen LogP contribution in [-0.2, 0) is 20.6 Å². The molecule has 0 bridgehead atoms. The fourth-order valence-corrected chi connectivity index (χ4v) is 15.5. The summed E-state index contributed by atoms with van der Waals surface area (Å²) in [5.74, 6) is -9.39. The molecule has 10 aromatic heterocycles. The van der Waals surface area contributed by atoms with Gasteiger partial charge in [0.15, 0.2) is 11.4 Å². The van der Waals surface area contributed by atoms with Gasteiger partial charge in [0.1, 0.15) is 64.2 Å². The van der Waals surface area contributed by atoms with Gasteiger partial charge in [0.05, 0.1) is 28.7 Å². The van der Waals surface area contributed by atoms with Gasteiger partial charge in [0.25, 0.3) is 23.8 Å². The van der Waals surface area contributed by atoms with Crippen LogP contribution in [0, 0.1) is 75.5 Å². The maximum absolute atomic E-state index is 13.8. The number of aromatic amines is 1. The zero-order valence-electron chi connectivity index (χ0n) is 79.4. The fourth-order valence-electron chi connectivity index (χ4n) is 15.3. The van der Waals surface area contributed by atoms with Crippen LogP contribution in [0.5, 0.6) is 0 Å². The van der Waals surface area contributed by atoms with Crippen LogP contribution < -0.4 is 54.2 Å². The van der Waals surface area contributed by atoms with Crippen molar-refractivity contribution in [1.29, 1.82) is 15.8 Å². The Morgan fingerprint density at radius 3 is 1.00 bits per heavy atom. The van der Waals surface area contributed by atoms with Gasteiger partial charge in [-0.05, 0) is 208 Å². The molecule has 0 aromatic carbocycles. The van der Waals surface area contributed by atoms with Gasteiger partial charge in [0, 0.05) is 178 Å². The van der Waals surface area contributed by atoms with E-state index in [4.69, 9.17) is 48.3 Å². The number of H-pyrrole nitrogens is 1. The second-order valence-electron chi connectivity index (χ2n) is 36.8. The molecule has 0 radical (unpaired) electrons. The number of nitriles is 3. The summed E-state index contributed by atoms with van der Waals surface area (Å²) < 4.78 is 151. The smallest absolute Gasteiger partial charge is 1.00 e. The van der Waals surface area contributed by atoms with Crippen molar-refractivity contribution in [3.63, 3.8) is 0 Å². The Kier molecular flexibility index (Phi) is 39.0. The molecule has 7 saturated carbocycles. The van der Waals surface area contributed by atoms with Gasteiger partial charge in [0.2, 0.25) is 34.9 Å². The van der Waals surface area contributed by atoms with Crippen LogP contribution in [0.4, 0.5) is 82.6 Å². The molecule has 746 valence electrons. The molecule has 10 heterocycles. The summed E-state index contributed by atoms with van der Waals surface area (Å²) in [6, 6.07) is 21.9. The molecule has 10 aromatic rings. The molecule has 48 heteroatoms. The summed E-state index contributed by atoms with van der Waals surface area (Å²) in [7, 11) is 0. The van der Waals surface area contributed by atoms with Crippen LogP contribution in [0.2, 0.25) is 5.28 Å². The minimum Gasteiger partial charge on any atom is -1.00 e. The maximum atomic E-state index is 13.8. The van der Waals surface area contributed by atoms with Crippen molar-refractivity contribution >= 4 is 88.3 Å². The Balaban J connectivity index is 0.000000209. The predicted molar refractivity (Wildman–Crippen MR) is 499 cm³/mol. The van der Waals surface area contributed by atoms with Gasteiger partial charge < -0.3 is 60.8 Å². The van der Waals surface area contributed by atoms with E-state index in [0.717, 1.165) is 54.2 Å². The van der Waals surface area contributed by atoms with Crippen molar-refractivity contribution in [2.75, 3.05) is 25.8 Å². The average Bonchev–Trinajstić information content (AvgIpc) is 1.65. The maximum Gasteiger partial charge on any atom is 2.00 e. The van der Waals surface area contributed by atoms with Gasteiger partial charge in [-0.3, -0.25) is 14.9 Å². The summed E-state index contributed by atoms with van der Waals surface area (Å²) in [5, 5.41) is 58.9. The van der Waals surface area contributed by atoms with Crippen LogP contribution in [-0.4, -0.2) is 205 Å². The van der Waals surface area contributed by atoms with Crippen molar-refractivity contribution in [1.82, 2.24) is 99.2 Å². The number of aryl methyl sites for hydroxylation is 5. The van der Waals surface area contributed by atoms with Crippen LogP contribution in [0.1, 0.15) is 260 Å². The van der Waals surface area contributed by atoms with Crippen LogP contribution in [0.25, 0.3) is 23.8 Å². The number of carbonyl (C=O) groups is 2. The molecule has 7 fully saturated rings. The van der Waals surface area contributed by atoms with E-state index in [9.17, 15) is 53.5 Å². The topological polar surface area (TPSA) is 447 Å². The third-order valence-electron chi connectivity index (χ3n) is 22.8. The third-order valence-corrected chi connectivity index (χ3v) is 22.9. The number of rotatable bonds is 16. The number of nitrogens with two attached hydrogens (primary N) is 2. The van der Waals surface area contributed by atoms with Crippen LogP contribution in [0.15, 0.2) is 91.6 Å². The number of nitrogens with one attached hydrogen (secondary N) is 4. The van der Waals surface area contributed by atoms with Crippen LogP contribution in [0.3, 0.4) is 0 Å². The number of hydrogen-bond donors (Lipinski definition) is 6. The fraction of sp³-hybridized carbons (Fsp3) is 0.549. The van der Waals surface area contributed by atoms with Crippen molar-refractivity contribution in [2.45, 2.75) is 319 Å². The first-order chi connectivity index (χ1) is 64.0. The Bertz CT molecular complexity index is 5800. The van der Waals surface area contributed by atoms with E-state index in [2.05, 4.69) is 103 Å². The molecular weight excluding hydrogens is 1940 g/mol. The molecule has 0 aliphatic heterocycles. The number of halogens is 13. The minimum absolute atomic E-state index is 0. The average molecular weight is 2060 g/mol. The molecule has 139 heavy (non-hydrogen) atoms. The molecule has 7 aliphatic rings. The van der Waals surface area contributed by atoms with Gasteiger partial charge in [-0.15, -0.1) is 12.4 Å².